The SMILES string of the molecule is COc1ccc(C(O)C2=CCCCCC2)c(OC)c1. The van der Waals surface area contributed by atoms with E-state index < -0.39 is 6.10 Å². The molecule has 0 saturated carbocycles. The van der Waals surface area contributed by atoms with Crippen molar-refractivity contribution in [3.63, 3.8) is 0 Å². The Labute approximate surface area is 114 Å². The summed E-state index contributed by atoms with van der Waals surface area (Å²) < 4.78 is 10.5. The number of benzene rings is 1. The van der Waals surface area contributed by atoms with Crippen molar-refractivity contribution in [2.75, 3.05) is 14.2 Å². The molecule has 1 aliphatic carbocycles. The highest BCUT2D eigenvalue weighted by atomic mass is 16.5. The monoisotopic (exact) mass is 262 g/mol. The molecule has 0 saturated heterocycles. The van der Waals surface area contributed by atoms with Crippen molar-refractivity contribution >= 4 is 0 Å². The van der Waals surface area contributed by atoms with Crippen LogP contribution in [-0.4, -0.2) is 19.3 Å². The van der Waals surface area contributed by atoms with Crippen LogP contribution < -0.4 is 9.47 Å². The first kappa shape index (κ1) is 13.9. The van der Waals surface area contributed by atoms with E-state index in [1.807, 2.05) is 18.2 Å². The van der Waals surface area contributed by atoms with E-state index in [2.05, 4.69) is 6.08 Å². The minimum atomic E-state index is -0.570. The number of methoxy groups -OCH3 is 2. The molecule has 104 valence electrons. The van der Waals surface area contributed by atoms with Crippen molar-refractivity contribution in [2.45, 2.75) is 38.2 Å². The van der Waals surface area contributed by atoms with Gasteiger partial charge in [0.05, 0.1) is 14.2 Å². The molecule has 2 rings (SSSR count). The molecule has 0 aromatic heterocycles. The Morgan fingerprint density at radius 3 is 2.68 bits per heavy atom. The average molecular weight is 262 g/mol. The topological polar surface area (TPSA) is 38.7 Å². The van der Waals surface area contributed by atoms with Crippen LogP contribution in [0.1, 0.15) is 43.8 Å². The number of aliphatic hydroxyl groups excluding tert-OH is 1. The number of rotatable bonds is 4. The second-order valence-corrected chi connectivity index (χ2v) is 4.89. The maximum absolute atomic E-state index is 10.6. The fourth-order valence-electron chi connectivity index (χ4n) is 2.53. The molecule has 0 fully saturated rings. The van der Waals surface area contributed by atoms with Gasteiger partial charge in [0, 0.05) is 11.6 Å². The van der Waals surface area contributed by atoms with Crippen molar-refractivity contribution in [3.8, 4) is 11.5 Å². The van der Waals surface area contributed by atoms with Gasteiger partial charge in [0.1, 0.15) is 17.6 Å². The quantitative estimate of drug-likeness (QED) is 0.842. The zero-order chi connectivity index (χ0) is 13.7. The first-order valence-corrected chi connectivity index (χ1v) is 6.85. The standard InChI is InChI=1S/C16H22O3/c1-18-13-9-10-14(15(11-13)19-2)16(17)12-7-5-3-4-6-8-12/h7,9-11,16-17H,3-6,8H2,1-2H3. The van der Waals surface area contributed by atoms with Gasteiger partial charge in [-0.1, -0.05) is 12.5 Å². The highest BCUT2D eigenvalue weighted by Gasteiger charge is 2.19. The molecular weight excluding hydrogens is 240 g/mol. The molecule has 0 spiro atoms. The Balaban J connectivity index is 2.26. The fraction of sp³-hybridized carbons (Fsp3) is 0.500. The molecule has 3 heteroatoms. The van der Waals surface area contributed by atoms with Crippen molar-refractivity contribution < 1.29 is 14.6 Å². The van der Waals surface area contributed by atoms with Crippen LogP contribution in [0.3, 0.4) is 0 Å². The van der Waals surface area contributed by atoms with E-state index in [9.17, 15) is 5.11 Å². The van der Waals surface area contributed by atoms with E-state index in [-0.39, 0.29) is 0 Å². The predicted molar refractivity (Wildman–Crippen MR) is 75.7 cm³/mol. The van der Waals surface area contributed by atoms with Gasteiger partial charge in [0.2, 0.25) is 0 Å². The van der Waals surface area contributed by atoms with Crippen molar-refractivity contribution in [3.05, 3.63) is 35.4 Å². The van der Waals surface area contributed by atoms with Gasteiger partial charge in [-0.3, -0.25) is 0 Å². The third kappa shape index (κ3) is 3.29. The Hall–Kier alpha value is -1.48. The van der Waals surface area contributed by atoms with Crippen LogP contribution in [-0.2, 0) is 0 Å². The predicted octanol–water partition coefficient (Wildman–Crippen LogP) is 3.63. The number of hydrogen-bond donors (Lipinski definition) is 1. The summed E-state index contributed by atoms with van der Waals surface area (Å²) in [6, 6.07) is 5.56. The summed E-state index contributed by atoms with van der Waals surface area (Å²) in [6.45, 7) is 0. The molecule has 1 atom stereocenters. The molecule has 1 aliphatic rings. The van der Waals surface area contributed by atoms with Gasteiger partial charge >= 0.3 is 0 Å². The molecule has 1 N–H and O–H groups in total. The summed E-state index contributed by atoms with van der Waals surface area (Å²) >= 11 is 0. The van der Waals surface area contributed by atoms with Gasteiger partial charge in [0.15, 0.2) is 0 Å². The van der Waals surface area contributed by atoms with Gasteiger partial charge in [0.25, 0.3) is 0 Å². The number of ether oxygens (including phenoxy) is 2. The van der Waals surface area contributed by atoms with E-state index in [1.54, 1.807) is 14.2 Å². The molecule has 0 radical (unpaired) electrons. The number of aliphatic hydroxyl groups is 1. The molecule has 1 unspecified atom stereocenters. The number of allylic oxidation sites excluding steroid dienone is 1. The van der Waals surface area contributed by atoms with Crippen LogP contribution in [0.15, 0.2) is 29.8 Å². The average Bonchev–Trinajstić information content (AvgIpc) is 2.74. The summed E-state index contributed by atoms with van der Waals surface area (Å²) in [6.07, 6.45) is 7.26. The third-order valence-corrected chi connectivity index (χ3v) is 3.66. The van der Waals surface area contributed by atoms with Crippen molar-refractivity contribution in [2.24, 2.45) is 0 Å². The van der Waals surface area contributed by atoms with Crippen LogP contribution in [0.5, 0.6) is 11.5 Å². The van der Waals surface area contributed by atoms with Gasteiger partial charge in [-0.2, -0.15) is 0 Å². The van der Waals surface area contributed by atoms with E-state index >= 15 is 0 Å². The fourth-order valence-corrected chi connectivity index (χ4v) is 2.53. The highest BCUT2D eigenvalue weighted by molar-refractivity contribution is 5.44. The summed E-state index contributed by atoms with van der Waals surface area (Å²) in [5.41, 5.74) is 1.93. The van der Waals surface area contributed by atoms with Crippen LogP contribution in [0.25, 0.3) is 0 Å². The van der Waals surface area contributed by atoms with E-state index in [0.29, 0.717) is 5.75 Å². The molecule has 1 aromatic carbocycles. The second-order valence-electron chi connectivity index (χ2n) is 4.89. The first-order chi connectivity index (χ1) is 9.26. The lowest BCUT2D eigenvalue weighted by Crippen LogP contribution is -2.04. The van der Waals surface area contributed by atoms with Gasteiger partial charge in [-0.15, -0.1) is 0 Å². The maximum atomic E-state index is 10.6. The second kappa shape index (κ2) is 6.62. The smallest absolute Gasteiger partial charge is 0.128 e. The molecule has 0 bridgehead atoms. The van der Waals surface area contributed by atoms with Gasteiger partial charge in [-0.25, -0.2) is 0 Å². The maximum Gasteiger partial charge on any atom is 0.128 e. The van der Waals surface area contributed by atoms with Crippen LogP contribution in [0, 0.1) is 0 Å². The zero-order valence-electron chi connectivity index (χ0n) is 11.7. The minimum absolute atomic E-state index is 0.570. The summed E-state index contributed by atoms with van der Waals surface area (Å²) in [7, 11) is 3.24. The van der Waals surface area contributed by atoms with Crippen molar-refractivity contribution in [1.29, 1.82) is 0 Å². The molecule has 1 aromatic rings. The van der Waals surface area contributed by atoms with Crippen LogP contribution in [0.4, 0.5) is 0 Å². The van der Waals surface area contributed by atoms with Gasteiger partial charge < -0.3 is 14.6 Å². The van der Waals surface area contributed by atoms with Crippen LogP contribution >= 0.6 is 0 Å². The summed E-state index contributed by atoms with van der Waals surface area (Å²) in [5.74, 6) is 1.42. The minimum Gasteiger partial charge on any atom is -0.497 e. The van der Waals surface area contributed by atoms with Gasteiger partial charge in [-0.05, 0) is 43.4 Å². The van der Waals surface area contributed by atoms with Crippen molar-refractivity contribution in [1.82, 2.24) is 0 Å². The Morgan fingerprint density at radius 1 is 1.11 bits per heavy atom. The lowest BCUT2D eigenvalue weighted by molar-refractivity contribution is 0.205. The Kier molecular flexibility index (Phi) is 4.86. The number of hydrogen-bond acceptors (Lipinski definition) is 3. The molecule has 0 amide bonds. The molecule has 19 heavy (non-hydrogen) atoms. The van der Waals surface area contributed by atoms with E-state index in [1.165, 1.54) is 12.8 Å². The largest absolute Gasteiger partial charge is 0.497 e. The first-order valence-electron chi connectivity index (χ1n) is 6.85. The normalized spacial score (nSPS) is 17.3. The molecular formula is C16H22O3. The Morgan fingerprint density at radius 2 is 1.95 bits per heavy atom. The lowest BCUT2D eigenvalue weighted by Gasteiger charge is -2.18. The summed E-state index contributed by atoms with van der Waals surface area (Å²) in [5, 5.41) is 10.6. The third-order valence-electron chi connectivity index (χ3n) is 3.66. The molecule has 3 nitrogen and oxygen atoms in total. The Bertz CT molecular complexity index is 451. The van der Waals surface area contributed by atoms with Crippen LogP contribution in [0.2, 0.25) is 0 Å². The zero-order valence-corrected chi connectivity index (χ0v) is 11.7. The lowest BCUT2D eigenvalue weighted by atomic mass is 9.97. The highest BCUT2D eigenvalue weighted by Crippen LogP contribution is 2.35. The van der Waals surface area contributed by atoms with E-state index in [4.69, 9.17) is 9.47 Å². The molecule has 0 heterocycles. The molecule has 0 aliphatic heterocycles. The summed E-state index contributed by atoms with van der Waals surface area (Å²) in [4.78, 5) is 0. The van der Waals surface area contributed by atoms with E-state index in [0.717, 1.165) is 36.1 Å².